The molecule has 18 heavy (non-hydrogen) atoms. The predicted molar refractivity (Wildman–Crippen MR) is 75.4 cm³/mol. The smallest absolute Gasteiger partial charge is 0.179 e. The van der Waals surface area contributed by atoms with Gasteiger partial charge in [0, 0.05) is 12.6 Å². The number of aromatic nitrogens is 4. The molecule has 0 spiro atoms. The summed E-state index contributed by atoms with van der Waals surface area (Å²) in [6.07, 6.45) is 3.77. The molecule has 0 aromatic carbocycles. The van der Waals surface area contributed by atoms with Crippen molar-refractivity contribution in [3.8, 4) is 0 Å². The molecule has 1 aliphatic rings. The van der Waals surface area contributed by atoms with E-state index in [1.54, 1.807) is 0 Å². The standard InChI is InChI=1S/C13H20N4S/c1-4-16-12-11(9(3)15-16)14-13(18)17(12)10-6-5-8(2)7-10/h8,10H,4-7H2,1-3H3,(H,14,18). The van der Waals surface area contributed by atoms with Crippen molar-refractivity contribution < 1.29 is 0 Å². The summed E-state index contributed by atoms with van der Waals surface area (Å²) in [6.45, 7) is 7.39. The summed E-state index contributed by atoms with van der Waals surface area (Å²) in [5.41, 5.74) is 3.34. The number of imidazole rings is 1. The van der Waals surface area contributed by atoms with Crippen molar-refractivity contribution in [1.82, 2.24) is 19.3 Å². The fourth-order valence-corrected chi connectivity index (χ4v) is 3.53. The molecule has 0 radical (unpaired) electrons. The first-order valence-electron chi connectivity index (χ1n) is 6.79. The summed E-state index contributed by atoms with van der Waals surface area (Å²) in [7, 11) is 0. The molecular weight excluding hydrogens is 244 g/mol. The van der Waals surface area contributed by atoms with Crippen LogP contribution in [0.2, 0.25) is 0 Å². The van der Waals surface area contributed by atoms with E-state index in [0.29, 0.717) is 6.04 Å². The second-order valence-electron chi connectivity index (χ2n) is 5.47. The van der Waals surface area contributed by atoms with Crippen molar-refractivity contribution >= 4 is 23.4 Å². The number of hydrogen-bond donors (Lipinski definition) is 1. The fraction of sp³-hybridized carbons (Fsp3) is 0.692. The van der Waals surface area contributed by atoms with Crippen molar-refractivity contribution in [2.45, 2.75) is 52.6 Å². The molecule has 2 heterocycles. The summed E-state index contributed by atoms with van der Waals surface area (Å²) >= 11 is 5.52. The lowest BCUT2D eigenvalue weighted by atomic mass is 10.1. The number of nitrogens with zero attached hydrogens (tertiary/aromatic N) is 3. The number of H-pyrrole nitrogens is 1. The lowest BCUT2D eigenvalue weighted by Crippen LogP contribution is -2.10. The second-order valence-corrected chi connectivity index (χ2v) is 5.86. The van der Waals surface area contributed by atoms with E-state index in [9.17, 15) is 0 Å². The molecule has 2 unspecified atom stereocenters. The summed E-state index contributed by atoms with van der Waals surface area (Å²) < 4.78 is 5.23. The van der Waals surface area contributed by atoms with Crippen molar-refractivity contribution in [2.24, 2.45) is 5.92 Å². The Hall–Kier alpha value is -1.10. The van der Waals surface area contributed by atoms with Gasteiger partial charge in [0.1, 0.15) is 5.52 Å². The van der Waals surface area contributed by atoms with Gasteiger partial charge in [0.25, 0.3) is 0 Å². The lowest BCUT2D eigenvalue weighted by molar-refractivity contribution is 0.487. The average molecular weight is 264 g/mol. The zero-order chi connectivity index (χ0) is 12.9. The maximum Gasteiger partial charge on any atom is 0.179 e. The first-order valence-corrected chi connectivity index (χ1v) is 7.20. The SMILES string of the molecule is CCn1nc(C)c2[nH]c(=S)n(C3CCC(C)C3)c21. The molecule has 2 atom stereocenters. The molecule has 1 saturated carbocycles. The lowest BCUT2D eigenvalue weighted by Gasteiger charge is -2.13. The third-order valence-corrected chi connectivity index (χ3v) is 4.41. The molecule has 1 aliphatic carbocycles. The molecule has 2 aromatic rings. The zero-order valence-electron chi connectivity index (χ0n) is 11.2. The van der Waals surface area contributed by atoms with E-state index in [-0.39, 0.29) is 0 Å². The van der Waals surface area contributed by atoms with Crippen LogP contribution in [0.5, 0.6) is 0 Å². The van der Waals surface area contributed by atoms with Crippen LogP contribution < -0.4 is 0 Å². The van der Waals surface area contributed by atoms with Gasteiger partial charge >= 0.3 is 0 Å². The number of aromatic amines is 1. The van der Waals surface area contributed by atoms with Crippen LogP contribution in [-0.2, 0) is 6.54 Å². The van der Waals surface area contributed by atoms with Gasteiger partial charge < -0.3 is 4.98 Å². The van der Waals surface area contributed by atoms with Crippen LogP contribution in [0.25, 0.3) is 11.2 Å². The Morgan fingerprint density at radius 2 is 2.22 bits per heavy atom. The van der Waals surface area contributed by atoms with Gasteiger partial charge in [-0.25, -0.2) is 4.68 Å². The van der Waals surface area contributed by atoms with Gasteiger partial charge in [-0.1, -0.05) is 6.92 Å². The average Bonchev–Trinajstić information content (AvgIpc) is 2.96. The molecule has 4 nitrogen and oxygen atoms in total. The molecule has 1 N–H and O–H groups in total. The first-order chi connectivity index (χ1) is 8.61. The van der Waals surface area contributed by atoms with Gasteiger partial charge in [-0.05, 0) is 51.2 Å². The molecule has 2 aromatic heterocycles. The van der Waals surface area contributed by atoms with Crippen molar-refractivity contribution in [2.75, 3.05) is 0 Å². The molecule has 5 heteroatoms. The van der Waals surface area contributed by atoms with E-state index in [4.69, 9.17) is 12.2 Å². The monoisotopic (exact) mass is 264 g/mol. The van der Waals surface area contributed by atoms with E-state index in [2.05, 4.69) is 33.2 Å². The summed E-state index contributed by atoms with van der Waals surface area (Å²) in [5.74, 6) is 0.806. The molecule has 0 amide bonds. The Labute approximate surface area is 112 Å². The van der Waals surface area contributed by atoms with Crippen molar-refractivity contribution in [3.05, 3.63) is 10.5 Å². The summed E-state index contributed by atoms with van der Waals surface area (Å²) in [4.78, 5) is 3.34. The van der Waals surface area contributed by atoms with Gasteiger partial charge in [-0.3, -0.25) is 4.57 Å². The molecule has 0 bridgehead atoms. The third kappa shape index (κ3) is 1.64. The minimum atomic E-state index is 0.544. The molecule has 0 saturated heterocycles. The maximum atomic E-state index is 5.52. The highest BCUT2D eigenvalue weighted by Gasteiger charge is 2.26. The Morgan fingerprint density at radius 3 is 2.83 bits per heavy atom. The van der Waals surface area contributed by atoms with E-state index < -0.39 is 0 Å². The van der Waals surface area contributed by atoms with E-state index in [0.717, 1.165) is 28.4 Å². The van der Waals surface area contributed by atoms with Crippen LogP contribution in [0, 0.1) is 17.6 Å². The quantitative estimate of drug-likeness (QED) is 0.842. The minimum Gasteiger partial charge on any atom is -0.328 e. The zero-order valence-corrected chi connectivity index (χ0v) is 12.0. The fourth-order valence-electron chi connectivity index (χ4n) is 3.19. The molecule has 1 fully saturated rings. The number of rotatable bonds is 2. The summed E-state index contributed by atoms with van der Waals surface area (Å²) in [5, 5.41) is 4.58. The minimum absolute atomic E-state index is 0.544. The van der Waals surface area contributed by atoms with E-state index in [1.807, 2.05) is 6.92 Å². The third-order valence-electron chi connectivity index (χ3n) is 4.11. The number of nitrogens with one attached hydrogen (secondary N) is 1. The summed E-state index contributed by atoms with van der Waals surface area (Å²) in [6, 6.07) is 0.544. The Balaban J connectivity index is 2.21. The van der Waals surface area contributed by atoms with Gasteiger partial charge in [0.05, 0.1) is 5.69 Å². The van der Waals surface area contributed by atoms with Crippen LogP contribution in [0.3, 0.4) is 0 Å². The van der Waals surface area contributed by atoms with Crippen molar-refractivity contribution in [3.63, 3.8) is 0 Å². The predicted octanol–water partition coefficient (Wildman–Crippen LogP) is 3.58. The van der Waals surface area contributed by atoms with E-state index in [1.165, 1.54) is 24.9 Å². The molecule has 98 valence electrons. The van der Waals surface area contributed by atoms with Gasteiger partial charge in [-0.2, -0.15) is 5.10 Å². The van der Waals surface area contributed by atoms with Crippen LogP contribution >= 0.6 is 12.2 Å². The molecule has 3 rings (SSSR count). The molecule has 0 aliphatic heterocycles. The van der Waals surface area contributed by atoms with Crippen LogP contribution in [0.4, 0.5) is 0 Å². The number of aryl methyl sites for hydroxylation is 2. The van der Waals surface area contributed by atoms with Gasteiger partial charge in [0.15, 0.2) is 10.4 Å². The first kappa shape index (κ1) is 12.0. The Kier molecular flexibility index (Phi) is 2.81. The van der Waals surface area contributed by atoms with Gasteiger partial charge in [0.2, 0.25) is 0 Å². The van der Waals surface area contributed by atoms with E-state index >= 15 is 0 Å². The Morgan fingerprint density at radius 1 is 1.44 bits per heavy atom. The van der Waals surface area contributed by atoms with Crippen molar-refractivity contribution in [1.29, 1.82) is 0 Å². The Bertz CT molecular complexity index is 633. The highest BCUT2D eigenvalue weighted by atomic mass is 32.1. The number of hydrogen-bond acceptors (Lipinski definition) is 2. The highest BCUT2D eigenvalue weighted by Crippen LogP contribution is 2.36. The topological polar surface area (TPSA) is 38.5 Å². The largest absolute Gasteiger partial charge is 0.328 e. The normalized spacial score (nSPS) is 24.2. The van der Waals surface area contributed by atoms with Crippen LogP contribution in [-0.4, -0.2) is 19.3 Å². The van der Waals surface area contributed by atoms with Gasteiger partial charge in [-0.15, -0.1) is 0 Å². The highest BCUT2D eigenvalue weighted by molar-refractivity contribution is 7.71. The maximum absolute atomic E-state index is 5.52. The number of fused-ring (bicyclic) bond motifs is 1. The second kappa shape index (κ2) is 4.23. The van der Waals surface area contributed by atoms with Crippen LogP contribution in [0.15, 0.2) is 0 Å². The van der Waals surface area contributed by atoms with Crippen LogP contribution in [0.1, 0.15) is 44.8 Å². The molecular formula is C13H20N4S.